The lowest BCUT2D eigenvalue weighted by Crippen LogP contribution is -2.29. The Hall–Kier alpha value is -0.590. The lowest BCUT2D eigenvalue weighted by Gasteiger charge is -2.06. The summed E-state index contributed by atoms with van der Waals surface area (Å²) in [6.07, 6.45) is 0.755. The molecule has 104 valence electrons. The highest BCUT2D eigenvalue weighted by atomic mass is 79.9. The number of amides is 1. The van der Waals surface area contributed by atoms with Crippen LogP contribution < -0.4 is 11.1 Å². The monoisotopic (exact) mass is 338 g/mol. The van der Waals surface area contributed by atoms with E-state index in [9.17, 15) is 4.79 Å². The second-order valence-corrected chi connectivity index (χ2v) is 5.27. The number of nitrogens with one attached hydrogen (secondary N) is 2. The van der Waals surface area contributed by atoms with Gasteiger partial charge in [0.05, 0.1) is 10.2 Å². The SMILES string of the molecule is CC(N)CCNC(=O)c1n[nH]c(C(C)C)c1Br.Cl. The van der Waals surface area contributed by atoms with Crippen LogP contribution in [0.1, 0.15) is 49.3 Å². The third-order valence-electron chi connectivity index (χ3n) is 2.41. The molecule has 0 aliphatic carbocycles. The summed E-state index contributed by atoms with van der Waals surface area (Å²) in [6.45, 7) is 6.55. The average molecular weight is 340 g/mol. The number of carbonyl (C=O) groups excluding carboxylic acids is 1. The van der Waals surface area contributed by atoms with Crippen LogP contribution in [0.3, 0.4) is 0 Å². The molecule has 0 spiro atoms. The van der Waals surface area contributed by atoms with Crippen molar-refractivity contribution in [2.75, 3.05) is 6.54 Å². The summed E-state index contributed by atoms with van der Waals surface area (Å²) in [5.74, 6) is 0.114. The first-order valence-corrected chi connectivity index (χ1v) is 6.50. The zero-order valence-corrected chi connectivity index (χ0v) is 13.2. The summed E-state index contributed by atoms with van der Waals surface area (Å²) in [6, 6.07) is 0.0872. The van der Waals surface area contributed by atoms with Crippen LogP contribution in [0.2, 0.25) is 0 Å². The number of carbonyl (C=O) groups is 1. The molecule has 0 aliphatic rings. The average Bonchev–Trinajstić information content (AvgIpc) is 2.59. The summed E-state index contributed by atoms with van der Waals surface area (Å²) in [4.78, 5) is 11.8. The Kier molecular flexibility index (Phi) is 7.51. The van der Waals surface area contributed by atoms with Crippen LogP contribution in [0.5, 0.6) is 0 Å². The molecule has 1 heterocycles. The highest BCUT2D eigenvalue weighted by Gasteiger charge is 2.18. The molecule has 5 nitrogen and oxygen atoms in total. The fourth-order valence-corrected chi connectivity index (χ4v) is 2.19. The van der Waals surface area contributed by atoms with Crippen molar-refractivity contribution in [1.82, 2.24) is 15.5 Å². The number of aromatic nitrogens is 2. The van der Waals surface area contributed by atoms with Crippen molar-refractivity contribution in [1.29, 1.82) is 0 Å². The van der Waals surface area contributed by atoms with E-state index in [4.69, 9.17) is 5.73 Å². The van der Waals surface area contributed by atoms with Gasteiger partial charge in [-0.1, -0.05) is 13.8 Å². The molecule has 4 N–H and O–H groups in total. The van der Waals surface area contributed by atoms with E-state index in [1.807, 2.05) is 20.8 Å². The van der Waals surface area contributed by atoms with Crippen molar-refractivity contribution in [3.05, 3.63) is 15.9 Å². The molecule has 1 rings (SSSR count). The van der Waals surface area contributed by atoms with Gasteiger partial charge in [-0.25, -0.2) is 0 Å². The van der Waals surface area contributed by atoms with Crippen LogP contribution in [0.15, 0.2) is 4.47 Å². The normalized spacial score (nSPS) is 12.1. The number of hydrogen-bond acceptors (Lipinski definition) is 3. The first-order valence-electron chi connectivity index (χ1n) is 5.71. The van der Waals surface area contributed by atoms with Gasteiger partial charge in [-0.2, -0.15) is 5.10 Å². The number of H-pyrrole nitrogens is 1. The first kappa shape index (κ1) is 17.4. The van der Waals surface area contributed by atoms with Gasteiger partial charge in [0.2, 0.25) is 0 Å². The molecule has 1 aromatic heterocycles. The van der Waals surface area contributed by atoms with Gasteiger partial charge >= 0.3 is 0 Å². The number of halogens is 2. The van der Waals surface area contributed by atoms with Gasteiger partial charge in [0, 0.05) is 12.6 Å². The van der Waals surface area contributed by atoms with Crippen molar-refractivity contribution in [2.24, 2.45) is 5.73 Å². The van der Waals surface area contributed by atoms with Gasteiger partial charge < -0.3 is 11.1 Å². The molecule has 0 fully saturated rings. The van der Waals surface area contributed by atoms with Crippen LogP contribution in [-0.4, -0.2) is 28.7 Å². The van der Waals surface area contributed by atoms with E-state index < -0.39 is 0 Å². The van der Waals surface area contributed by atoms with E-state index in [0.29, 0.717) is 18.2 Å². The quantitative estimate of drug-likeness (QED) is 0.769. The molecule has 0 aliphatic heterocycles. The largest absolute Gasteiger partial charge is 0.351 e. The maximum atomic E-state index is 11.8. The fourth-order valence-electron chi connectivity index (χ4n) is 1.37. The minimum absolute atomic E-state index is 0. The minimum Gasteiger partial charge on any atom is -0.351 e. The molecular weight excluding hydrogens is 320 g/mol. The predicted molar refractivity (Wildman–Crippen MR) is 78.2 cm³/mol. The van der Waals surface area contributed by atoms with Crippen molar-refractivity contribution < 1.29 is 4.79 Å². The summed E-state index contributed by atoms with van der Waals surface area (Å²) in [5.41, 5.74) is 6.94. The Labute approximate surface area is 122 Å². The Morgan fingerprint density at radius 1 is 1.50 bits per heavy atom. The highest BCUT2D eigenvalue weighted by Crippen LogP contribution is 2.25. The second kappa shape index (κ2) is 7.76. The molecule has 1 aromatic rings. The van der Waals surface area contributed by atoms with Gasteiger partial charge in [0.25, 0.3) is 5.91 Å². The molecule has 1 atom stereocenters. The molecule has 0 bridgehead atoms. The van der Waals surface area contributed by atoms with Gasteiger partial charge in [0.1, 0.15) is 0 Å². The number of nitrogens with two attached hydrogens (primary N) is 1. The Morgan fingerprint density at radius 2 is 2.11 bits per heavy atom. The third-order valence-corrected chi connectivity index (χ3v) is 3.21. The van der Waals surface area contributed by atoms with E-state index in [1.54, 1.807) is 0 Å². The fraction of sp³-hybridized carbons (Fsp3) is 0.636. The van der Waals surface area contributed by atoms with Crippen LogP contribution in [0, 0.1) is 0 Å². The smallest absolute Gasteiger partial charge is 0.272 e. The molecule has 0 saturated heterocycles. The molecule has 7 heteroatoms. The molecule has 1 amide bonds. The zero-order chi connectivity index (χ0) is 13.0. The molecular formula is C11H20BrClN4O. The summed E-state index contributed by atoms with van der Waals surface area (Å²) in [7, 11) is 0. The predicted octanol–water partition coefficient (Wildman–Crippen LogP) is 2.18. The lowest BCUT2D eigenvalue weighted by molar-refractivity contribution is 0.0947. The summed E-state index contributed by atoms with van der Waals surface area (Å²) in [5, 5.41) is 9.68. The summed E-state index contributed by atoms with van der Waals surface area (Å²) >= 11 is 3.39. The Balaban J connectivity index is 0.00000289. The zero-order valence-electron chi connectivity index (χ0n) is 10.8. The number of aromatic amines is 1. The topological polar surface area (TPSA) is 83.8 Å². The molecule has 18 heavy (non-hydrogen) atoms. The molecule has 0 saturated carbocycles. The van der Waals surface area contributed by atoms with Crippen molar-refractivity contribution in [2.45, 2.75) is 39.2 Å². The number of hydrogen-bond donors (Lipinski definition) is 3. The van der Waals surface area contributed by atoms with E-state index >= 15 is 0 Å². The minimum atomic E-state index is -0.180. The van der Waals surface area contributed by atoms with Crippen molar-refractivity contribution in [3.63, 3.8) is 0 Å². The maximum Gasteiger partial charge on any atom is 0.272 e. The molecule has 0 radical (unpaired) electrons. The van der Waals surface area contributed by atoms with E-state index in [-0.39, 0.29) is 24.4 Å². The number of rotatable bonds is 5. The van der Waals surface area contributed by atoms with Gasteiger partial charge in [-0.3, -0.25) is 9.89 Å². The number of nitrogens with zero attached hydrogens (tertiary/aromatic N) is 1. The lowest BCUT2D eigenvalue weighted by atomic mass is 10.1. The van der Waals surface area contributed by atoms with E-state index in [2.05, 4.69) is 31.4 Å². The maximum absolute atomic E-state index is 11.8. The van der Waals surface area contributed by atoms with Gasteiger partial charge in [-0.15, -0.1) is 12.4 Å². The van der Waals surface area contributed by atoms with Crippen LogP contribution >= 0.6 is 28.3 Å². The first-order chi connectivity index (χ1) is 7.93. The van der Waals surface area contributed by atoms with Crippen LogP contribution in [-0.2, 0) is 0 Å². The van der Waals surface area contributed by atoms with Crippen molar-refractivity contribution >= 4 is 34.2 Å². The van der Waals surface area contributed by atoms with Crippen molar-refractivity contribution in [3.8, 4) is 0 Å². The van der Waals surface area contributed by atoms with Crippen LogP contribution in [0.25, 0.3) is 0 Å². The Bertz CT molecular complexity index is 392. The summed E-state index contributed by atoms with van der Waals surface area (Å²) < 4.78 is 0.741. The standard InChI is InChI=1S/C11H19BrN4O.ClH/c1-6(2)9-8(12)10(16-15-9)11(17)14-5-4-7(3)13;/h6-7H,4-5,13H2,1-3H3,(H,14,17)(H,15,16);1H. The molecule has 0 aromatic carbocycles. The van der Waals surface area contributed by atoms with Gasteiger partial charge in [0.15, 0.2) is 5.69 Å². The van der Waals surface area contributed by atoms with Crippen LogP contribution in [0.4, 0.5) is 0 Å². The van der Waals surface area contributed by atoms with Gasteiger partial charge in [-0.05, 0) is 35.2 Å². The highest BCUT2D eigenvalue weighted by molar-refractivity contribution is 9.10. The molecule has 1 unspecified atom stereocenters. The van der Waals surface area contributed by atoms with E-state index in [1.165, 1.54) is 0 Å². The van der Waals surface area contributed by atoms with E-state index in [0.717, 1.165) is 16.6 Å². The third kappa shape index (κ3) is 4.59. The second-order valence-electron chi connectivity index (χ2n) is 4.48. The Morgan fingerprint density at radius 3 is 2.56 bits per heavy atom.